The minimum absolute atomic E-state index is 0.452. The number of fused-ring (bicyclic) bond motifs is 1. The summed E-state index contributed by atoms with van der Waals surface area (Å²) in [4.78, 5) is 11.0. The van der Waals surface area contributed by atoms with E-state index in [-0.39, 0.29) is 0 Å². The molecule has 2 aromatic rings. The summed E-state index contributed by atoms with van der Waals surface area (Å²) in [6.07, 6.45) is 7.01. The maximum atomic E-state index is 5.95. The van der Waals surface area contributed by atoms with Gasteiger partial charge in [0, 0.05) is 18.3 Å². The molecule has 0 spiro atoms. The van der Waals surface area contributed by atoms with Gasteiger partial charge in [0.25, 0.3) is 0 Å². The summed E-state index contributed by atoms with van der Waals surface area (Å²) in [7, 11) is 0. The van der Waals surface area contributed by atoms with Crippen molar-refractivity contribution in [2.75, 3.05) is 6.54 Å². The summed E-state index contributed by atoms with van der Waals surface area (Å²) in [5.41, 5.74) is 7.06. The van der Waals surface area contributed by atoms with E-state index in [2.05, 4.69) is 15.0 Å². The van der Waals surface area contributed by atoms with E-state index in [0.29, 0.717) is 11.7 Å². The lowest BCUT2D eigenvalue weighted by Crippen LogP contribution is -1.91. The summed E-state index contributed by atoms with van der Waals surface area (Å²) in [5, 5.41) is 1.28. The maximum absolute atomic E-state index is 5.95. The Labute approximate surface area is 85.8 Å². The number of nitrogens with zero attached hydrogens (tertiary/aromatic N) is 2. The average Bonchev–Trinajstić information content (AvgIpc) is 2.59. The van der Waals surface area contributed by atoms with Crippen molar-refractivity contribution in [2.24, 2.45) is 5.73 Å². The molecule has 0 aliphatic carbocycles. The molecule has 3 N–H and O–H groups in total. The molecule has 0 amide bonds. The van der Waals surface area contributed by atoms with Crippen molar-refractivity contribution < 1.29 is 0 Å². The van der Waals surface area contributed by atoms with E-state index in [1.807, 2.05) is 18.3 Å². The first-order valence-electron chi connectivity index (χ1n) is 4.17. The van der Waals surface area contributed by atoms with Gasteiger partial charge in [0.1, 0.15) is 17.1 Å². The Kier molecular flexibility index (Phi) is 2.47. The Hall–Kier alpha value is -1.39. The molecule has 0 radical (unpaired) electrons. The second-order valence-corrected chi connectivity index (χ2v) is 3.13. The van der Waals surface area contributed by atoms with Crippen LogP contribution in [0.2, 0.25) is 5.15 Å². The zero-order valence-electron chi connectivity index (χ0n) is 7.37. The Morgan fingerprint density at radius 1 is 1.50 bits per heavy atom. The third kappa shape index (κ3) is 1.49. The number of H-pyrrole nitrogens is 1. The fraction of sp³-hybridized carbons (Fsp3) is 0.111. The van der Waals surface area contributed by atoms with Crippen LogP contribution in [0.4, 0.5) is 0 Å². The normalized spacial score (nSPS) is 11.6. The summed E-state index contributed by atoms with van der Waals surface area (Å²) in [6, 6.07) is 0. The predicted molar refractivity (Wildman–Crippen MR) is 57.0 cm³/mol. The van der Waals surface area contributed by atoms with E-state index in [4.69, 9.17) is 17.3 Å². The number of hydrogen-bond donors (Lipinski definition) is 2. The van der Waals surface area contributed by atoms with Gasteiger partial charge in [-0.2, -0.15) is 0 Å². The smallest absolute Gasteiger partial charge is 0.142 e. The molecule has 2 rings (SSSR count). The molecule has 0 saturated heterocycles. The van der Waals surface area contributed by atoms with Crippen molar-refractivity contribution in [1.29, 1.82) is 0 Å². The van der Waals surface area contributed by atoms with Gasteiger partial charge in [-0.1, -0.05) is 23.8 Å². The monoisotopic (exact) mass is 208 g/mol. The molecule has 0 atom stereocenters. The quantitative estimate of drug-likeness (QED) is 0.737. The van der Waals surface area contributed by atoms with Crippen LogP contribution in [0, 0.1) is 0 Å². The van der Waals surface area contributed by atoms with Crippen molar-refractivity contribution in [3.05, 3.63) is 29.3 Å². The van der Waals surface area contributed by atoms with Crippen LogP contribution in [-0.2, 0) is 0 Å². The van der Waals surface area contributed by atoms with Crippen LogP contribution in [-0.4, -0.2) is 21.5 Å². The molecule has 0 aliphatic heterocycles. The second-order valence-electron chi connectivity index (χ2n) is 2.77. The van der Waals surface area contributed by atoms with E-state index in [9.17, 15) is 0 Å². The molecular weight excluding hydrogens is 200 g/mol. The molecule has 2 aromatic heterocycles. The molecule has 14 heavy (non-hydrogen) atoms. The van der Waals surface area contributed by atoms with Crippen LogP contribution >= 0.6 is 11.6 Å². The molecule has 5 heteroatoms. The van der Waals surface area contributed by atoms with Gasteiger partial charge in [0.05, 0.1) is 5.39 Å². The Morgan fingerprint density at radius 2 is 2.36 bits per heavy atom. The van der Waals surface area contributed by atoms with Crippen molar-refractivity contribution in [3.8, 4) is 0 Å². The van der Waals surface area contributed by atoms with E-state index in [1.54, 1.807) is 0 Å². The van der Waals surface area contributed by atoms with Crippen LogP contribution < -0.4 is 5.73 Å². The topological polar surface area (TPSA) is 67.6 Å². The van der Waals surface area contributed by atoms with E-state index in [0.717, 1.165) is 16.6 Å². The molecule has 0 bridgehead atoms. The Balaban J connectivity index is 2.61. The van der Waals surface area contributed by atoms with Crippen molar-refractivity contribution in [3.63, 3.8) is 0 Å². The lowest BCUT2D eigenvalue weighted by atomic mass is 10.2. The van der Waals surface area contributed by atoms with Crippen LogP contribution in [0.3, 0.4) is 0 Å². The largest absolute Gasteiger partial charge is 0.345 e. The van der Waals surface area contributed by atoms with Gasteiger partial charge in [-0.15, -0.1) is 0 Å². The number of nitrogens with one attached hydrogen (secondary N) is 1. The summed E-state index contributed by atoms with van der Waals surface area (Å²) < 4.78 is 0. The molecular formula is C9H9ClN4. The highest BCUT2D eigenvalue weighted by atomic mass is 35.5. The minimum atomic E-state index is 0.452. The molecule has 0 unspecified atom stereocenters. The first kappa shape index (κ1) is 9.18. The molecule has 0 aromatic carbocycles. The third-order valence-electron chi connectivity index (χ3n) is 1.89. The average molecular weight is 209 g/mol. The number of aromatic nitrogens is 3. The second kappa shape index (κ2) is 3.77. The molecule has 0 aliphatic rings. The molecule has 72 valence electrons. The first-order chi connectivity index (χ1) is 6.83. The first-order valence-corrected chi connectivity index (χ1v) is 4.55. The van der Waals surface area contributed by atoms with Crippen LogP contribution in [0.5, 0.6) is 0 Å². The van der Waals surface area contributed by atoms with E-state index in [1.165, 1.54) is 6.33 Å². The number of rotatable bonds is 2. The molecule has 2 heterocycles. The number of halogens is 1. The summed E-state index contributed by atoms with van der Waals surface area (Å²) in [6.45, 7) is 0.498. The summed E-state index contributed by atoms with van der Waals surface area (Å²) >= 11 is 5.95. The van der Waals surface area contributed by atoms with Gasteiger partial charge in [-0.3, -0.25) is 0 Å². The zero-order valence-corrected chi connectivity index (χ0v) is 8.12. The third-order valence-corrected chi connectivity index (χ3v) is 2.17. The Morgan fingerprint density at radius 3 is 3.14 bits per heavy atom. The maximum Gasteiger partial charge on any atom is 0.142 e. The van der Waals surface area contributed by atoms with Crippen LogP contribution in [0.15, 0.2) is 18.6 Å². The van der Waals surface area contributed by atoms with Gasteiger partial charge in [-0.05, 0) is 0 Å². The van der Waals surface area contributed by atoms with Crippen LogP contribution in [0.25, 0.3) is 17.1 Å². The predicted octanol–water partition coefficient (Wildman–Crippen LogP) is 1.58. The van der Waals surface area contributed by atoms with Gasteiger partial charge >= 0.3 is 0 Å². The van der Waals surface area contributed by atoms with Gasteiger partial charge < -0.3 is 10.7 Å². The van der Waals surface area contributed by atoms with Crippen molar-refractivity contribution in [1.82, 2.24) is 15.0 Å². The molecule has 0 saturated carbocycles. The lowest BCUT2D eigenvalue weighted by molar-refractivity contribution is 1.20. The van der Waals surface area contributed by atoms with Crippen molar-refractivity contribution >= 4 is 28.7 Å². The fourth-order valence-electron chi connectivity index (χ4n) is 1.27. The zero-order chi connectivity index (χ0) is 9.97. The highest BCUT2D eigenvalue weighted by Gasteiger charge is 2.06. The van der Waals surface area contributed by atoms with Crippen molar-refractivity contribution in [2.45, 2.75) is 0 Å². The van der Waals surface area contributed by atoms with E-state index >= 15 is 0 Å². The molecule has 0 fully saturated rings. The highest BCUT2D eigenvalue weighted by molar-refractivity contribution is 6.34. The fourth-order valence-corrected chi connectivity index (χ4v) is 1.52. The number of nitrogens with two attached hydrogens (primary N) is 1. The molecule has 4 nitrogen and oxygen atoms in total. The minimum Gasteiger partial charge on any atom is -0.345 e. The van der Waals surface area contributed by atoms with E-state index < -0.39 is 0 Å². The highest BCUT2D eigenvalue weighted by Crippen LogP contribution is 2.23. The van der Waals surface area contributed by atoms with Crippen LogP contribution in [0.1, 0.15) is 5.56 Å². The Bertz CT molecular complexity index is 475. The number of aromatic amines is 1. The SMILES string of the molecule is NC/C=C/c1c[nH]c2ncnc(Cl)c12. The standard InChI is InChI=1S/C9H9ClN4/c10-8-7-6(2-1-3-11)4-12-9(7)14-5-13-8/h1-2,4-5H,3,11H2,(H,12,13,14)/b2-1+. The van der Waals surface area contributed by atoms with Gasteiger partial charge in [0.15, 0.2) is 0 Å². The van der Waals surface area contributed by atoms with Gasteiger partial charge in [-0.25, -0.2) is 9.97 Å². The summed E-state index contributed by atoms with van der Waals surface area (Å²) in [5.74, 6) is 0. The lowest BCUT2D eigenvalue weighted by Gasteiger charge is -1.93. The number of hydrogen-bond acceptors (Lipinski definition) is 3. The van der Waals surface area contributed by atoms with Gasteiger partial charge in [0.2, 0.25) is 0 Å².